The van der Waals surface area contributed by atoms with Gasteiger partial charge in [-0.05, 0) is 47.9 Å². The van der Waals surface area contributed by atoms with Crippen molar-refractivity contribution in [3.8, 4) is 11.3 Å². The van der Waals surface area contributed by atoms with Crippen LogP contribution < -0.4 is 5.32 Å². The fraction of sp³-hybridized carbons (Fsp3) is 0.318. The second-order valence-corrected chi connectivity index (χ2v) is 7.99. The minimum Gasteiger partial charge on any atom is -0.394 e. The summed E-state index contributed by atoms with van der Waals surface area (Å²) in [5.74, 6) is -5.58. The Balaban J connectivity index is 1.62. The van der Waals surface area contributed by atoms with Crippen molar-refractivity contribution in [2.75, 3.05) is 6.61 Å². The molecule has 1 saturated carbocycles. The molecule has 0 aliphatic heterocycles. The van der Waals surface area contributed by atoms with Crippen molar-refractivity contribution in [3.63, 3.8) is 0 Å². The number of aliphatic hydroxyl groups is 1. The average molecular weight is 438 g/mol. The van der Waals surface area contributed by atoms with Crippen LogP contribution in [0.15, 0.2) is 36.4 Å². The average Bonchev–Trinajstić information content (AvgIpc) is 3.04. The number of aromatic amines is 1. The molecule has 1 amide bonds. The first kappa shape index (κ1) is 21.3. The van der Waals surface area contributed by atoms with Gasteiger partial charge in [0.2, 0.25) is 5.91 Å². The molecule has 1 aromatic heterocycles. The lowest BCUT2D eigenvalue weighted by molar-refractivity contribution is -0.156. The third kappa shape index (κ3) is 4.14. The van der Waals surface area contributed by atoms with Gasteiger partial charge in [0.1, 0.15) is 17.5 Å². The third-order valence-electron chi connectivity index (χ3n) is 5.57. The highest BCUT2D eigenvalue weighted by Crippen LogP contribution is 2.45. The van der Waals surface area contributed by atoms with Crippen LogP contribution in [-0.4, -0.2) is 34.1 Å². The van der Waals surface area contributed by atoms with E-state index in [4.69, 9.17) is 0 Å². The summed E-state index contributed by atoms with van der Waals surface area (Å²) in [5, 5.41) is 12.1. The Kier molecular flexibility index (Phi) is 5.25. The van der Waals surface area contributed by atoms with Crippen LogP contribution in [0.25, 0.3) is 22.2 Å². The van der Waals surface area contributed by atoms with Crippen LogP contribution in [0.1, 0.15) is 24.8 Å². The number of rotatable bonds is 6. The van der Waals surface area contributed by atoms with E-state index in [0.717, 1.165) is 12.1 Å². The summed E-state index contributed by atoms with van der Waals surface area (Å²) in [5.41, 5.74) is 0.0325. The molecule has 1 aliphatic carbocycles. The van der Waals surface area contributed by atoms with Crippen molar-refractivity contribution < 1.29 is 31.9 Å². The van der Waals surface area contributed by atoms with E-state index in [0.29, 0.717) is 16.8 Å². The number of amides is 1. The van der Waals surface area contributed by atoms with Crippen molar-refractivity contribution in [1.82, 2.24) is 10.3 Å². The highest BCUT2D eigenvalue weighted by molar-refractivity contribution is 5.92. The number of aromatic nitrogens is 1. The van der Waals surface area contributed by atoms with E-state index in [1.54, 1.807) is 0 Å². The van der Waals surface area contributed by atoms with Gasteiger partial charge in [0.05, 0.1) is 17.7 Å². The van der Waals surface area contributed by atoms with Gasteiger partial charge in [-0.1, -0.05) is 0 Å². The lowest BCUT2D eigenvalue weighted by Crippen LogP contribution is -2.64. The lowest BCUT2D eigenvalue weighted by atomic mass is 9.74. The first-order valence-electron chi connectivity index (χ1n) is 9.67. The van der Waals surface area contributed by atoms with Gasteiger partial charge in [-0.3, -0.25) is 4.79 Å². The second kappa shape index (κ2) is 7.64. The Bertz CT molecular complexity index is 1130. The number of halogens is 5. The molecule has 0 unspecified atom stereocenters. The summed E-state index contributed by atoms with van der Waals surface area (Å²) in [7, 11) is 0. The van der Waals surface area contributed by atoms with Crippen molar-refractivity contribution in [2.24, 2.45) is 0 Å². The molecule has 3 N–H and O–H groups in total. The molecule has 1 heterocycles. The quantitative estimate of drug-likeness (QED) is 0.498. The standard InChI is InChI=1S/C22H19F5N2O2/c23-13-3-1-12(2-4-13)19-15(16-7-14(24)8-17(25)20(16)28-19)5-6-18(31)29-21(11-30)9-22(26,27)10-21/h1-4,7-8,28,30H,5-6,9-11H2,(H,29,31). The van der Waals surface area contributed by atoms with Crippen molar-refractivity contribution >= 4 is 16.8 Å². The summed E-state index contributed by atoms with van der Waals surface area (Å²) in [6.07, 6.45) is -1.41. The minimum absolute atomic E-state index is 0.0410. The second-order valence-electron chi connectivity index (χ2n) is 7.99. The van der Waals surface area contributed by atoms with E-state index in [2.05, 4.69) is 10.3 Å². The van der Waals surface area contributed by atoms with Gasteiger partial charge in [0, 0.05) is 36.4 Å². The van der Waals surface area contributed by atoms with Gasteiger partial charge in [0.15, 0.2) is 0 Å². The Labute approximate surface area is 174 Å². The monoisotopic (exact) mass is 438 g/mol. The van der Waals surface area contributed by atoms with Gasteiger partial charge in [0.25, 0.3) is 5.92 Å². The smallest absolute Gasteiger partial charge is 0.252 e. The third-order valence-corrected chi connectivity index (χ3v) is 5.57. The molecule has 4 rings (SSSR count). The Morgan fingerprint density at radius 3 is 2.35 bits per heavy atom. The molecule has 1 fully saturated rings. The van der Waals surface area contributed by atoms with Crippen LogP contribution in [0.5, 0.6) is 0 Å². The van der Waals surface area contributed by atoms with E-state index in [-0.39, 0.29) is 23.7 Å². The van der Waals surface area contributed by atoms with Crippen molar-refractivity contribution in [1.29, 1.82) is 0 Å². The normalized spacial score (nSPS) is 16.8. The molecular formula is C22H19F5N2O2. The number of H-pyrrole nitrogens is 1. The number of carbonyl (C=O) groups is 1. The predicted octanol–water partition coefficient (Wildman–Crippen LogP) is 4.46. The molecular weight excluding hydrogens is 419 g/mol. The van der Waals surface area contributed by atoms with E-state index < -0.39 is 54.3 Å². The number of hydrogen-bond acceptors (Lipinski definition) is 2. The zero-order valence-corrected chi connectivity index (χ0v) is 16.2. The molecule has 9 heteroatoms. The zero-order chi connectivity index (χ0) is 22.4. The summed E-state index contributed by atoms with van der Waals surface area (Å²) >= 11 is 0. The van der Waals surface area contributed by atoms with Crippen molar-refractivity contribution in [3.05, 3.63) is 59.4 Å². The number of carbonyl (C=O) groups excluding carboxylic acids is 1. The van der Waals surface area contributed by atoms with E-state index in [1.165, 1.54) is 24.3 Å². The molecule has 0 radical (unpaired) electrons. The minimum atomic E-state index is -2.93. The summed E-state index contributed by atoms with van der Waals surface area (Å²) < 4.78 is 67.9. The van der Waals surface area contributed by atoms with E-state index >= 15 is 0 Å². The summed E-state index contributed by atoms with van der Waals surface area (Å²) in [6, 6.07) is 7.23. The first-order valence-corrected chi connectivity index (χ1v) is 9.67. The molecule has 3 aromatic rings. The Morgan fingerprint density at radius 2 is 1.74 bits per heavy atom. The molecule has 0 saturated heterocycles. The SMILES string of the molecule is O=C(CCc1c(-c2ccc(F)cc2)[nH]c2c(F)cc(F)cc12)NC1(CO)CC(F)(F)C1. The van der Waals surface area contributed by atoms with Gasteiger partial charge in [-0.15, -0.1) is 0 Å². The summed E-state index contributed by atoms with van der Waals surface area (Å²) in [4.78, 5) is 15.3. The molecule has 0 atom stereocenters. The molecule has 2 aromatic carbocycles. The topological polar surface area (TPSA) is 65.1 Å². The van der Waals surface area contributed by atoms with Crippen molar-refractivity contribution in [2.45, 2.75) is 37.1 Å². The largest absolute Gasteiger partial charge is 0.394 e. The van der Waals surface area contributed by atoms with Crippen LogP contribution in [-0.2, 0) is 11.2 Å². The van der Waals surface area contributed by atoms with Crippen LogP contribution >= 0.6 is 0 Å². The fourth-order valence-corrected chi connectivity index (χ4v) is 4.17. The predicted molar refractivity (Wildman–Crippen MR) is 104 cm³/mol. The number of aliphatic hydroxyl groups excluding tert-OH is 1. The van der Waals surface area contributed by atoms with Gasteiger partial charge < -0.3 is 15.4 Å². The molecule has 4 nitrogen and oxygen atoms in total. The number of fused-ring (bicyclic) bond motifs is 1. The van der Waals surface area contributed by atoms with E-state index in [1.807, 2.05) is 0 Å². The first-order chi connectivity index (χ1) is 14.6. The molecule has 1 aliphatic rings. The van der Waals surface area contributed by atoms with E-state index in [9.17, 15) is 31.9 Å². The van der Waals surface area contributed by atoms with Gasteiger partial charge in [-0.25, -0.2) is 22.0 Å². The van der Waals surface area contributed by atoms with Crippen LogP contribution in [0.4, 0.5) is 22.0 Å². The number of benzene rings is 2. The van der Waals surface area contributed by atoms with Crippen LogP contribution in [0, 0.1) is 17.5 Å². The van der Waals surface area contributed by atoms with Crippen LogP contribution in [0.2, 0.25) is 0 Å². The maximum Gasteiger partial charge on any atom is 0.252 e. The maximum atomic E-state index is 14.3. The number of hydrogen-bond donors (Lipinski definition) is 3. The maximum absolute atomic E-state index is 14.3. The Morgan fingerprint density at radius 1 is 1.06 bits per heavy atom. The Hall–Kier alpha value is -2.94. The van der Waals surface area contributed by atoms with Gasteiger partial charge in [-0.2, -0.15) is 0 Å². The molecule has 31 heavy (non-hydrogen) atoms. The summed E-state index contributed by atoms with van der Waals surface area (Å²) in [6.45, 7) is -0.612. The highest BCUT2D eigenvalue weighted by Gasteiger charge is 2.57. The van der Waals surface area contributed by atoms with Gasteiger partial charge >= 0.3 is 0 Å². The lowest BCUT2D eigenvalue weighted by Gasteiger charge is -2.46. The molecule has 0 bridgehead atoms. The number of nitrogens with one attached hydrogen (secondary N) is 2. The molecule has 164 valence electrons. The molecule has 0 spiro atoms. The highest BCUT2D eigenvalue weighted by atomic mass is 19.3. The van der Waals surface area contributed by atoms with Crippen LogP contribution in [0.3, 0.4) is 0 Å². The zero-order valence-electron chi connectivity index (χ0n) is 16.2. The fourth-order valence-electron chi connectivity index (χ4n) is 4.17. The number of alkyl halides is 2. The number of aryl methyl sites for hydroxylation is 1.